The number of primary amides is 1. The maximum Gasteiger partial charge on any atom is 0.217 e. The SMILES string of the molecule is NC(=O)CCCN[C@H]1CCCC[C@@H]1O. The van der Waals surface area contributed by atoms with E-state index in [9.17, 15) is 9.90 Å². The van der Waals surface area contributed by atoms with Crippen LogP contribution < -0.4 is 11.1 Å². The fourth-order valence-corrected chi connectivity index (χ4v) is 1.90. The van der Waals surface area contributed by atoms with Crippen molar-refractivity contribution in [2.24, 2.45) is 5.73 Å². The number of carbonyl (C=O) groups is 1. The predicted octanol–water partition coefficient (Wildman–Crippen LogP) is 0.145. The Morgan fingerprint density at radius 2 is 2.14 bits per heavy atom. The molecule has 0 aliphatic heterocycles. The third-order valence-corrected chi connectivity index (χ3v) is 2.74. The van der Waals surface area contributed by atoms with Crippen molar-refractivity contribution in [2.75, 3.05) is 6.54 Å². The second-order valence-corrected chi connectivity index (χ2v) is 3.98. The van der Waals surface area contributed by atoms with Crippen LogP contribution in [0.3, 0.4) is 0 Å². The second kappa shape index (κ2) is 5.98. The first-order chi connectivity index (χ1) is 6.70. The van der Waals surface area contributed by atoms with Crippen LogP contribution in [0.25, 0.3) is 0 Å². The van der Waals surface area contributed by atoms with Gasteiger partial charge in [0.15, 0.2) is 0 Å². The van der Waals surface area contributed by atoms with Crippen molar-refractivity contribution in [1.82, 2.24) is 5.32 Å². The van der Waals surface area contributed by atoms with E-state index in [1.54, 1.807) is 0 Å². The molecule has 0 aromatic heterocycles. The smallest absolute Gasteiger partial charge is 0.217 e. The molecule has 1 fully saturated rings. The second-order valence-electron chi connectivity index (χ2n) is 3.98. The van der Waals surface area contributed by atoms with Gasteiger partial charge in [-0.1, -0.05) is 12.8 Å². The van der Waals surface area contributed by atoms with E-state index in [0.717, 1.165) is 32.2 Å². The fraction of sp³-hybridized carbons (Fsp3) is 0.900. The van der Waals surface area contributed by atoms with Crippen molar-refractivity contribution in [3.63, 3.8) is 0 Å². The highest BCUT2D eigenvalue weighted by Crippen LogP contribution is 2.18. The van der Waals surface area contributed by atoms with E-state index in [4.69, 9.17) is 5.73 Å². The number of hydrogen-bond acceptors (Lipinski definition) is 3. The van der Waals surface area contributed by atoms with Crippen LogP contribution in [-0.2, 0) is 4.79 Å². The van der Waals surface area contributed by atoms with Crippen molar-refractivity contribution < 1.29 is 9.90 Å². The molecule has 14 heavy (non-hydrogen) atoms. The van der Waals surface area contributed by atoms with Gasteiger partial charge in [-0.2, -0.15) is 0 Å². The van der Waals surface area contributed by atoms with Gasteiger partial charge in [-0.25, -0.2) is 0 Å². The summed E-state index contributed by atoms with van der Waals surface area (Å²) in [5.41, 5.74) is 5.02. The highest BCUT2D eigenvalue weighted by atomic mass is 16.3. The van der Waals surface area contributed by atoms with Gasteiger partial charge in [-0.15, -0.1) is 0 Å². The molecule has 4 N–H and O–H groups in total. The number of nitrogens with one attached hydrogen (secondary N) is 1. The van der Waals surface area contributed by atoms with Gasteiger partial charge in [-0.05, 0) is 25.8 Å². The molecule has 0 aromatic carbocycles. The Bertz CT molecular complexity index is 185. The van der Waals surface area contributed by atoms with Crippen LogP contribution in [0.1, 0.15) is 38.5 Å². The standard InChI is InChI=1S/C10H20N2O2/c11-10(14)6-3-7-12-8-4-1-2-5-9(8)13/h8-9,12-13H,1-7H2,(H2,11,14)/t8-,9-/m0/s1. The molecule has 4 heteroatoms. The maximum absolute atomic E-state index is 10.5. The molecule has 0 aromatic rings. The Morgan fingerprint density at radius 1 is 1.43 bits per heavy atom. The van der Waals surface area contributed by atoms with Gasteiger partial charge in [0.25, 0.3) is 0 Å². The summed E-state index contributed by atoms with van der Waals surface area (Å²) < 4.78 is 0. The Morgan fingerprint density at radius 3 is 2.79 bits per heavy atom. The van der Waals surface area contributed by atoms with Gasteiger partial charge >= 0.3 is 0 Å². The summed E-state index contributed by atoms with van der Waals surface area (Å²) in [5.74, 6) is -0.254. The van der Waals surface area contributed by atoms with E-state index in [-0.39, 0.29) is 18.1 Å². The topological polar surface area (TPSA) is 75.4 Å². The molecule has 2 atom stereocenters. The van der Waals surface area contributed by atoms with Gasteiger partial charge in [0.05, 0.1) is 6.10 Å². The van der Waals surface area contributed by atoms with Crippen LogP contribution in [0.15, 0.2) is 0 Å². The van der Waals surface area contributed by atoms with Crippen molar-refractivity contribution >= 4 is 5.91 Å². The predicted molar refractivity (Wildman–Crippen MR) is 54.7 cm³/mol. The van der Waals surface area contributed by atoms with E-state index >= 15 is 0 Å². The zero-order chi connectivity index (χ0) is 10.4. The lowest BCUT2D eigenvalue weighted by Gasteiger charge is -2.28. The van der Waals surface area contributed by atoms with Gasteiger partial charge in [0.1, 0.15) is 0 Å². The first-order valence-electron chi connectivity index (χ1n) is 5.40. The van der Waals surface area contributed by atoms with E-state index in [2.05, 4.69) is 5.32 Å². The molecule has 1 saturated carbocycles. The average Bonchev–Trinajstić information content (AvgIpc) is 2.15. The molecule has 82 valence electrons. The molecule has 1 amide bonds. The largest absolute Gasteiger partial charge is 0.392 e. The van der Waals surface area contributed by atoms with Crippen LogP contribution in [0.2, 0.25) is 0 Å². The molecule has 1 rings (SSSR count). The summed E-state index contributed by atoms with van der Waals surface area (Å²) in [6, 6.07) is 0.219. The van der Waals surface area contributed by atoms with Crippen molar-refractivity contribution in [3.8, 4) is 0 Å². The number of aliphatic hydroxyl groups excluding tert-OH is 1. The summed E-state index contributed by atoms with van der Waals surface area (Å²) in [4.78, 5) is 10.5. The van der Waals surface area contributed by atoms with E-state index < -0.39 is 0 Å². The van der Waals surface area contributed by atoms with Gasteiger partial charge < -0.3 is 16.2 Å². The quantitative estimate of drug-likeness (QED) is 0.553. The van der Waals surface area contributed by atoms with Crippen molar-refractivity contribution in [2.45, 2.75) is 50.7 Å². The molecular weight excluding hydrogens is 180 g/mol. The monoisotopic (exact) mass is 200 g/mol. The van der Waals surface area contributed by atoms with E-state index in [1.807, 2.05) is 0 Å². The molecule has 1 aliphatic rings. The van der Waals surface area contributed by atoms with Gasteiger partial charge in [0.2, 0.25) is 5.91 Å². The third kappa shape index (κ3) is 4.07. The fourth-order valence-electron chi connectivity index (χ4n) is 1.90. The lowest BCUT2D eigenvalue weighted by Crippen LogP contribution is -2.42. The zero-order valence-electron chi connectivity index (χ0n) is 8.54. The van der Waals surface area contributed by atoms with Gasteiger partial charge in [0, 0.05) is 12.5 Å². The Balaban J connectivity index is 2.07. The van der Waals surface area contributed by atoms with Gasteiger partial charge in [-0.3, -0.25) is 4.79 Å². The molecule has 0 bridgehead atoms. The van der Waals surface area contributed by atoms with Crippen LogP contribution >= 0.6 is 0 Å². The molecule has 0 heterocycles. The average molecular weight is 200 g/mol. The van der Waals surface area contributed by atoms with Crippen molar-refractivity contribution in [3.05, 3.63) is 0 Å². The normalized spacial score (nSPS) is 27.5. The number of rotatable bonds is 5. The maximum atomic E-state index is 10.5. The van der Waals surface area contributed by atoms with Crippen LogP contribution in [-0.4, -0.2) is 29.7 Å². The number of hydrogen-bond donors (Lipinski definition) is 3. The molecular formula is C10H20N2O2. The Hall–Kier alpha value is -0.610. The summed E-state index contributed by atoms with van der Waals surface area (Å²) in [6.45, 7) is 0.769. The summed E-state index contributed by atoms with van der Waals surface area (Å²) in [5, 5.41) is 12.9. The lowest BCUT2D eigenvalue weighted by molar-refractivity contribution is -0.118. The minimum atomic E-state index is -0.254. The number of carbonyl (C=O) groups excluding carboxylic acids is 1. The number of aliphatic hydroxyl groups is 1. The highest BCUT2D eigenvalue weighted by molar-refractivity contribution is 5.73. The van der Waals surface area contributed by atoms with Crippen LogP contribution in [0.5, 0.6) is 0 Å². The molecule has 0 spiro atoms. The molecule has 4 nitrogen and oxygen atoms in total. The molecule has 0 saturated heterocycles. The Kier molecular flexibility index (Phi) is 4.90. The van der Waals surface area contributed by atoms with E-state index in [0.29, 0.717) is 6.42 Å². The van der Waals surface area contributed by atoms with Crippen molar-refractivity contribution in [1.29, 1.82) is 0 Å². The van der Waals surface area contributed by atoms with E-state index in [1.165, 1.54) is 6.42 Å². The number of amides is 1. The minimum absolute atomic E-state index is 0.211. The first-order valence-corrected chi connectivity index (χ1v) is 5.40. The first kappa shape index (κ1) is 11.5. The highest BCUT2D eigenvalue weighted by Gasteiger charge is 2.21. The summed E-state index contributed by atoms with van der Waals surface area (Å²) in [6.07, 6.45) is 5.22. The molecule has 0 unspecified atom stereocenters. The minimum Gasteiger partial charge on any atom is -0.392 e. The zero-order valence-corrected chi connectivity index (χ0v) is 8.54. The summed E-state index contributed by atoms with van der Waals surface area (Å²) >= 11 is 0. The summed E-state index contributed by atoms with van der Waals surface area (Å²) in [7, 11) is 0. The molecule has 0 radical (unpaired) electrons. The third-order valence-electron chi connectivity index (χ3n) is 2.74. The van der Waals surface area contributed by atoms with Crippen LogP contribution in [0.4, 0.5) is 0 Å². The van der Waals surface area contributed by atoms with Crippen LogP contribution in [0, 0.1) is 0 Å². The Labute approximate surface area is 84.9 Å². The molecule has 1 aliphatic carbocycles. The number of nitrogens with two attached hydrogens (primary N) is 1. The lowest BCUT2D eigenvalue weighted by atomic mass is 9.92.